The van der Waals surface area contributed by atoms with E-state index in [1.807, 2.05) is 54.6 Å². The number of nitrogens with one attached hydrogen (secondary N) is 1. The summed E-state index contributed by atoms with van der Waals surface area (Å²) < 4.78 is 16.5. The minimum atomic E-state index is -0.932. The van der Waals surface area contributed by atoms with Crippen molar-refractivity contribution < 1.29 is 23.8 Å². The van der Waals surface area contributed by atoms with Gasteiger partial charge in [0.2, 0.25) is 18.6 Å². The van der Waals surface area contributed by atoms with Crippen molar-refractivity contribution in [3.63, 3.8) is 0 Å². The molecule has 1 unspecified atom stereocenters. The van der Waals surface area contributed by atoms with Gasteiger partial charge in [0, 0.05) is 43.5 Å². The third-order valence-corrected chi connectivity index (χ3v) is 7.73. The molecule has 0 aliphatic carbocycles. The Morgan fingerprint density at radius 2 is 1.69 bits per heavy atom. The molecule has 0 fully saturated rings. The lowest BCUT2D eigenvalue weighted by atomic mass is 10.0. The van der Waals surface area contributed by atoms with Gasteiger partial charge in [-0.15, -0.1) is 0 Å². The van der Waals surface area contributed by atoms with Crippen molar-refractivity contribution in [1.82, 2.24) is 5.32 Å². The van der Waals surface area contributed by atoms with Gasteiger partial charge in [0.15, 0.2) is 11.5 Å². The van der Waals surface area contributed by atoms with Crippen molar-refractivity contribution >= 4 is 23.2 Å². The number of benzene rings is 4. The summed E-state index contributed by atoms with van der Waals surface area (Å²) in [6, 6.07) is 29.7. The summed E-state index contributed by atoms with van der Waals surface area (Å²) in [6.45, 7) is 1.84. The van der Waals surface area contributed by atoms with Gasteiger partial charge in [-0.25, -0.2) is 0 Å². The van der Waals surface area contributed by atoms with Crippen molar-refractivity contribution in [2.45, 2.75) is 25.4 Å². The Hall–Kier alpha value is -4.98. The second kappa shape index (κ2) is 12.3. The Morgan fingerprint density at radius 1 is 0.929 bits per heavy atom. The third kappa shape index (κ3) is 5.74. The molecule has 0 saturated heterocycles. The van der Waals surface area contributed by atoms with Crippen molar-refractivity contribution in [3.05, 3.63) is 114 Å². The number of para-hydroxylation sites is 1. The highest BCUT2D eigenvalue weighted by molar-refractivity contribution is 6.01. The number of rotatable bonds is 10. The summed E-state index contributed by atoms with van der Waals surface area (Å²) in [5.41, 5.74) is 4.63. The molecule has 214 valence electrons. The average molecular weight is 564 g/mol. The molecular formula is C34H33N3O5. The Labute approximate surface area is 245 Å². The SMILES string of the molecule is COc1ccc(C(C(=O)NCc2ccccc2)N(C(=O)CCN2CCc3ccccc32)c2ccc3c(c2)OCO3)cc1. The quantitative estimate of drug-likeness (QED) is 0.283. The van der Waals surface area contributed by atoms with Crippen LogP contribution < -0.4 is 29.3 Å². The summed E-state index contributed by atoms with van der Waals surface area (Å²) in [4.78, 5) is 32.1. The molecule has 8 heteroatoms. The van der Waals surface area contributed by atoms with Crippen molar-refractivity contribution in [3.8, 4) is 17.2 Å². The predicted octanol–water partition coefficient (Wildman–Crippen LogP) is 5.27. The van der Waals surface area contributed by atoms with E-state index < -0.39 is 6.04 Å². The Balaban J connectivity index is 1.34. The molecule has 8 nitrogen and oxygen atoms in total. The van der Waals surface area contributed by atoms with E-state index >= 15 is 0 Å². The van der Waals surface area contributed by atoms with E-state index in [-0.39, 0.29) is 25.0 Å². The fourth-order valence-corrected chi connectivity index (χ4v) is 5.55. The third-order valence-electron chi connectivity index (χ3n) is 7.73. The number of amides is 2. The highest BCUT2D eigenvalue weighted by Crippen LogP contribution is 2.39. The Kier molecular flexibility index (Phi) is 7.94. The number of carbonyl (C=O) groups is 2. The van der Waals surface area contributed by atoms with Gasteiger partial charge in [0.25, 0.3) is 0 Å². The lowest BCUT2D eigenvalue weighted by molar-refractivity contribution is -0.126. The van der Waals surface area contributed by atoms with Gasteiger partial charge in [0.1, 0.15) is 11.8 Å². The fraction of sp³-hybridized carbons (Fsp3) is 0.235. The summed E-state index contributed by atoms with van der Waals surface area (Å²) >= 11 is 0. The van der Waals surface area contributed by atoms with Gasteiger partial charge < -0.3 is 24.4 Å². The highest BCUT2D eigenvalue weighted by Gasteiger charge is 2.34. The fourth-order valence-electron chi connectivity index (χ4n) is 5.55. The minimum Gasteiger partial charge on any atom is -0.497 e. The average Bonchev–Trinajstić information content (AvgIpc) is 3.68. The van der Waals surface area contributed by atoms with Gasteiger partial charge in [-0.3, -0.25) is 14.5 Å². The minimum absolute atomic E-state index is 0.112. The van der Waals surface area contributed by atoms with E-state index in [1.165, 1.54) is 5.56 Å². The van der Waals surface area contributed by atoms with Crippen LogP contribution in [-0.4, -0.2) is 38.8 Å². The highest BCUT2D eigenvalue weighted by atomic mass is 16.7. The number of ether oxygens (including phenoxy) is 3. The van der Waals surface area contributed by atoms with Crippen LogP contribution in [0.4, 0.5) is 11.4 Å². The molecule has 2 aliphatic heterocycles. The Morgan fingerprint density at radius 3 is 2.50 bits per heavy atom. The monoisotopic (exact) mass is 563 g/mol. The zero-order chi connectivity index (χ0) is 28.9. The molecule has 0 saturated carbocycles. The number of methoxy groups -OCH3 is 1. The lowest BCUT2D eigenvalue weighted by Gasteiger charge is -2.32. The molecule has 42 heavy (non-hydrogen) atoms. The molecule has 1 N–H and O–H groups in total. The molecule has 2 heterocycles. The number of nitrogens with zero attached hydrogens (tertiary/aromatic N) is 2. The zero-order valence-electron chi connectivity index (χ0n) is 23.5. The normalized spacial score (nSPS) is 13.8. The van der Waals surface area contributed by atoms with Gasteiger partial charge >= 0.3 is 0 Å². The molecule has 4 aromatic rings. The number of fused-ring (bicyclic) bond motifs is 2. The molecule has 0 radical (unpaired) electrons. The standard InChI is InChI=1S/C34H33N3O5/c1-40-28-14-11-26(12-15-28)33(34(39)35-22-24-7-3-2-4-8-24)37(27-13-16-30-31(21-27)42-23-41-30)32(38)18-20-36-19-17-25-9-5-6-10-29(25)36/h2-16,21,33H,17-20,22-23H2,1H3,(H,35,39). The molecule has 2 aliphatic rings. The second-order valence-electron chi connectivity index (χ2n) is 10.3. The van der Waals surface area contributed by atoms with Crippen LogP contribution in [0.1, 0.15) is 29.2 Å². The van der Waals surface area contributed by atoms with Gasteiger partial charge in [-0.05, 0) is 53.4 Å². The molecular weight excluding hydrogens is 530 g/mol. The van der Waals surface area contributed by atoms with Crippen LogP contribution in [-0.2, 0) is 22.6 Å². The summed E-state index contributed by atoms with van der Waals surface area (Å²) in [5.74, 6) is 1.35. The number of hydrogen-bond acceptors (Lipinski definition) is 6. The van der Waals surface area contributed by atoms with Crippen LogP contribution >= 0.6 is 0 Å². The maximum atomic E-state index is 14.3. The topological polar surface area (TPSA) is 80.3 Å². The largest absolute Gasteiger partial charge is 0.497 e. The summed E-state index contributed by atoms with van der Waals surface area (Å²) in [5, 5.41) is 3.06. The summed E-state index contributed by atoms with van der Waals surface area (Å²) in [7, 11) is 1.60. The van der Waals surface area contributed by atoms with Crippen molar-refractivity contribution in [2.24, 2.45) is 0 Å². The molecule has 2 amide bonds. The van der Waals surface area contributed by atoms with Crippen LogP contribution in [0.5, 0.6) is 17.2 Å². The first-order valence-corrected chi connectivity index (χ1v) is 14.1. The van der Waals surface area contributed by atoms with Gasteiger partial charge in [0.05, 0.1) is 7.11 Å². The number of anilines is 2. The van der Waals surface area contributed by atoms with Crippen molar-refractivity contribution in [2.75, 3.05) is 36.8 Å². The molecule has 0 bridgehead atoms. The van der Waals surface area contributed by atoms with Crippen LogP contribution in [0, 0.1) is 0 Å². The van der Waals surface area contributed by atoms with E-state index in [0.717, 1.165) is 24.2 Å². The van der Waals surface area contributed by atoms with Gasteiger partial charge in [-0.1, -0.05) is 60.7 Å². The molecule has 6 rings (SSSR count). The maximum Gasteiger partial charge on any atom is 0.248 e. The predicted molar refractivity (Wildman–Crippen MR) is 161 cm³/mol. The smallest absolute Gasteiger partial charge is 0.248 e. The molecule has 4 aromatic carbocycles. The van der Waals surface area contributed by atoms with Crippen LogP contribution in [0.2, 0.25) is 0 Å². The van der Waals surface area contributed by atoms with Crippen LogP contribution in [0.25, 0.3) is 0 Å². The first-order valence-electron chi connectivity index (χ1n) is 14.1. The lowest BCUT2D eigenvalue weighted by Crippen LogP contribution is -2.44. The van der Waals surface area contributed by atoms with Crippen LogP contribution in [0.15, 0.2) is 97.1 Å². The van der Waals surface area contributed by atoms with E-state index in [2.05, 4.69) is 22.3 Å². The van der Waals surface area contributed by atoms with Crippen LogP contribution in [0.3, 0.4) is 0 Å². The first-order chi connectivity index (χ1) is 20.6. The molecule has 0 aromatic heterocycles. The molecule has 0 spiro atoms. The Bertz CT molecular complexity index is 1560. The number of carbonyl (C=O) groups excluding carboxylic acids is 2. The van der Waals surface area contributed by atoms with Gasteiger partial charge in [-0.2, -0.15) is 0 Å². The van der Waals surface area contributed by atoms with E-state index in [4.69, 9.17) is 14.2 Å². The maximum absolute atomic E-state index is 14.3. The zero-order valence-corrected chi connectivity index (χ0v) is 23.5. The van der Waals surface area contributed by atoms with E-state index in [1.54, 1.807) is 42.3 Å². The first kappa shape index (κ1) is 27.2. The molecule has 1 atom stereocenters. The van der Waals surface area contributed by atoms with E-state index in [9.17, 15) is 9.59 Å². The summed E-state index contributed by atoms with van der Waals surface area (Å²) in [6.07, 6.45) is 1.17. The van der Waals surface area contributed by atoms with E-state index in [0.29, 0.717) is 41.6 Å². The second-order valence-corrected chi connectivity index (χ2v) is 10.3. The van der Waals surface area contributed by atoms with Crippen molar-refractivity contribution in [1.29, 1.82) is 0 Å². The number of hydrogen-bond donors (Lipinski definition) is 1.